The van der Waals surface area contributed by atoms with Crippen LogP contribution < -0.4 is 5.32 Å². The van der Waals surface area contributed by atoms with Crippen molar-refractivity contribution in [2.75, 3.05) is 25.1 Å². The first kappa shape index (κ1) is 16.7. The van der Waals surface area contributed by atoms with Gasteiger partial charge < -0.3 is 9.47 Å². The molecule has 134 valence electrons. The van der Waals surface area contributed by atoms with Crippen LogP contribution in [-0.2, 0) is 34.2 Å². The number of nitrogens with one attached hydrogen (secondary N) is 1. The number of nitrogens with zero attached hydrogens (tertiary/aromatic N) is 3. The van der Waals surface area contributed by atoms with Gasteiger partial charge in [0.1, 0.15) is 6.61 Å². The van der Waals surface area contributed by atoms with Crippen molar-refractivity contribution in [1.29, 1.82) is 0 Å². The first-order valence-electron chi connectivity index (χ1n) is 8.71. The maximum Gasteiger partial charge on any atom is 0.252 e. The van der Waals surface area contributed by atoms with E-state index in [1.54, 1.807) is 0 Å². The Balaban J connectivity index is 1.33. The lowest BCUT2D eigenvalue weighted by atomic mass is 10.0. The maximum atomic E-state index is 12.1. The van der Waals surface area contributed by atoms with E-state index in [1.165, 1.54) is 28.3 Å². The largest absolute Gasteiger partial charge is 0.376 e. The van der Waals surface area contributed by atoms with E-state index in [4.69, 9.17) is 9.47 Å². The lowest BCUT2D eigenvalue weighted by molar-refractivity contribution is -0.122. The summed E-state index contributed by atoms with van der Waals surface area (Å²) in [7, 11) is 1.95. The number of hydrogen-bond acceptors (Lipinski definition) is 6. The molecular weight excluding hydrogens is 340 g/mol. The quantitative estimate of drug-likeness (QED) is 0.882. The summed E-state index contributed by atoms with van der Waals surface area (Å²) in [6, 6.07) is 0. The summed E-state index contributed by atoms with van der Waals surface area (Å²) in [4.78, 5) is 17.9. The zero-order valence-corrected chi connectivity index (χ0v) is 15.1. The summed E-state index contributed by atoms with van der Waals surface area (Å²) in [6.45, 7) is 1.30. The highest BCUT2D eigenvalue weighted by molar-refractivity contribution is 7.16. The molecule has 2 aromatic heterocycles. The Kier molecular flexibility index (Phi) is 4.82. The van der Waals surface area contributed by atoms with Crippen LogP contribution in [0.1, 0.15) is 29.8 Å². The smallest absolute Gasteiger partial charge is 0.252 e. The second kappa shape index (κ2) is 7.23. The minimum absolute atomic E-state index is 0.0300. The van der Waals surface area contributed by atoms with Crippen molar-refractivity contribution in [2.45, 2.75) is 38.2 Å². The molecule has 1 N–H and O–H groups in total. The van der Waals surface area contributed by atoms with Crippen LogP contribution in [0.15, 0.2) is 6.20 Å². The fraction of sp³-hybridized carbons (Fsp3) is 0.588. The zero-order chi connectivity index (χ0) is 17.2. The van der Waals surface area contributed by atoms with Crippen molar-refractivity contribution in [3.63, 3.8) is 0 Å². The van der Waals surface area contributed by atoms with Crippen LogP contribution in [0.25, 0.3) is 11.3 Å². The van der Waals surface area contributed by atoms with Crippen LogP contribution in [0.3, 0.4) is 0 Å². The van der Waals surface area contributed by atoms with Crippen molar-refractivity contribution in [3.05, 3.63) is 16.8 Å². The number of aryl methyl sites for hydroxylation is 2. The Morgan fingerprint density at radius 1 is 1.48 bits per heavy atom. The van der Waals surface area contributed by atoms with Gasteiger partial charge in [0.05, 0.1) is 24.6 Å². The molecule has 8 heteroatoms. The second-order valence-electron chi connectivity index (χ2n) is 6.47. The lowest BCUT2D eigenvalue weighted by Gasteiger charge is -2.22. The van der Waals surface area contributed by atoms with Gasteiger partial charge >= 0.3 is 0 Å². The molecule has 0 radical (unpaired) electrons. The number of ether oxygens (including phenoxy) is 2. The van der Waals surface area contributed by atoms with Crippen LogP contribution in [0, 0.1) is 0 Å². The van der Waals surface area contributed by atoms with Gasteiger partial charge in [-0.15, -0.1) is 11.3 Å². The highest BCUT2D eigenvalue weighted by Crippen LogP contribution is 2.37. The minimum atomic E-state index is -0.173. The van der Waals surface area contributed by atoms with Crippen molar-refractivity contribution >= 4 is 22.4 Å². The Labute approximate surface area is 150 Å². The number of hydrogen-bond donors (Lipinski definition) is 1. The van der Waals surface area contributed by atoms with Crippen LogP contribution >= 0.6 is 11.3 Å². The third-order valence-electron chi connectivity index (χ3n) is 4.66. The SMILES string of the molecule is Cn1ncc2c1CCc1sc(NC(=O)COC[C@H]3CCCCO3)nc1-2. The molecule has 0 saturated carbocycles. The van der Waals surface area contributed by atoms with Gasteiger partial charge in [-0.2, -0.15) is 5.10 Å². The van der Waals surface area contributed by atoms with Gasteiger partial charge in [-0.25, -0.2) is 4.98 Å². The number of aromatic nitrogens is 3. The van der Waals surface area contributed by atoms with E-state index in [-0.39, 0.29) is 18.6 Å². The zero-order valence-electron chi connectivity index (χ0n) is 14.3. The number of amides is 1. The average Bonchev–Trinajstić information content (AvgIpc) is 3.19. The Morgan fingerprint density at radius 2 is 2.40 bits per heavy atom. The van der Waals surface area contributed by atoms with E-state index in [9.17, 15) is 4.79 Å². The van der Waals surface area contributed by atoms with Crippen LogP contribution in [0.4, 0.5) is 5.13 Å². The summed E-state index contributed by atoms with van der Waals surface area (Å²) >= 11 is 1.54. The fourth-order valence-electron chi connectivity index (χ4n) is 3.35. The van der Waals surface area contributed by atoms with Crippen molar-refractivity contribution < 1.29 is 14.3 Å². The van der Waals surface area contributed by atoms with Gasteiger partial charge in [-0.3, -0.25) is 14.8 Å². The summed E-state index contributed by atoms with van der Waals surface area (Å²) in [6.07, 6.45) is 7.16. The van der Waals surface area contributed by atoms with Gasteiger partial charge in [0.15, 0.2) is 5.13 Å². The van der Waals surface area contributed by atoms with Gasteiger partial charge in [0.25, 0.3) is 5.91 Å². The number of thiazole rings is 1. The van der Waals surface area contributed by atoms with Crippen molar-refractivity contribution in [3.8, 4) is 11.3 Å². The summed E-state index contributed by atoms with van der Waals surface area (Å²) in [5, 5.41) is 7.79. The normalized spacial score (nSPS) is 19.3. The molecule has 0 spiro atoms. The molecule has 1 aliphatic heterocycles. The Morgan fingerprint density at radius 3 is 3.24 bits per heavy atom. The molecule has 0 bridgehead atoms. The molecule has 1 aliphatic carbocycles. The fourth-order valence-corrected chi connectivity index (χ4v) is 4.34. The predicted octanol–water partition coefficient (Wildman–Crippen LogP) is 2.17. The molecule has 1 fully saturated rings. The highest BCUT2D eigenvalue weighted by Gasteiger charge is 2.24. The Bertz CT molecular complexity index is 764. The third kappa shape index (κ3) is 3.61. The van der Waals surface area contributed by atoms with E-state index >= 15 is 0 Å². The Hall–Kier alpha value is -1.77. The number of rotatable bonds is 5. The molecule has 4 rings (SSSR count). The van der Waals surface area contributed by atoms with E-state index in [2.05, 4.69) is 15.4 Å². The van der Waals surface area contributed by atoms with E-state index in [1.807, 2.05) is 17.9 Å². The van der Waals surface area contributed by atoms with E-state index in [0.717, 1.165) is 43.5 Å². The standard InChI is InChI=1S/C17H22N4O3S/c1-21-13-5-6-14-16(12(13)8-18-21)20-17(25-14)19-15(22)10-23-9-11-4-2-3-7-24-11/h8,11H,2-7,9-10H2,1H3,(H,19,20,22)/t11-/m1/s1. The molecule has 0 unspecified atom stereocenters. The molecular formula is C17H22N4O3S. The van der Waals surface area contributed by atoms with Gasteiger partial charge in [0.2, 0.25) is 0 Å². The number of carbonyl (C=O) groups is 1. The number of carbonyl (C=O) groups excluding carboxylic acids is 1. The molecule has 25 heavy (non-hydrogen) atoms. The maximum absolute atomic E-state index is 12.1. The summed E-state index contributed by atoms with van der Waals surface area (Å²) in [5.41, 5.74) is 3.23. The van der Waals surface area contributed by atoms with Crippen molar-refractivity contribution in [1.82, 2.24) is 14.8 Å². The molecule has 0 aromatic carbocycles. The van der Waals surface area contributed by atoms with Crippen LogP contribution in [0.2, 0.25) is 0 Å². The third-order valence-corrected chi connectivity index (χ3v) is 5.69. The first-order chi connectivity index (χ1) is 12.2. The lowest BCUT2D eigenvalue weighted by Crippen LogP contribution is -2.27. The molecule has 1 atom stereocenters. The molecule has 2 aliphatic rings. The van der Waals surface area contributed by atoms with Crippen LogP contribution in [0.5, 0.6) is 0 Å². The molecule has 1 saturated heterocycles. The highest BCUT2D eigenvalue weighted by atomic mass is 32.1. The minimum Gasteiger partial charge on any atom is -0.376 e. The molecule has 3 heterocycles. The molecule has 7 nitrogen and oxygen atoms in total. The topological polar surface area (TPSA) is 78.3 Å². The van der Waals surface area contributed by atoms with Crippen LogP contribution in [-0.4, -0.2) is 46.6 Å². The monoisotopic (exact) mass is 362 g/mol. The summed E-state index contributed by atoms with van der Waals surface area (Å²) < 4.78 is 13.0. The average molecular weight is 362 g/mol. The van der Waals surface area contributed by atoms with E-state index in [0.29, 0.717) is 11.7 Å². The van der Waals surface area contributed by atoms with Gasteiger partial charge in [-0.1, -0.05) is 0 Å². The summed E-state index contributed by atoms with van der Waals surface area (Å²) in [5.74, 6) is -0.173. The van der Waals surface area contributed by atoms with Crippen molar-refractivity contribution in [2.24, 2.45) is 7.05 Å². The van der Waals surface area contributed by atoms with Gasteiger partial charge in [-0.05, 0) is 32.1 Å². The van der Waals surface area contributed by atoms with Gasteiger partial charge in [0, 0.05) is 29.8 Å². The number of anilines is 1. The first-order valence-corrected chi connectivity index (χ1v) is 9.52. The number of fused-ring (bicyclic) bond motifs is 3. The second-order valence-corrected chi connectivity index (χ2v) is 7.55. The van der Waals surface area contributed by atoms with E-state index < -0.39 is 0 Å². The predicted molar refractivity (Wildman–Crippen MR) is 94.8 cm³/mol. The molecule has 1 amide bonds. The molecule has 2 aromatic rings.